The Morgan fingerprint density at radius 1 is 1.07 bits per heavy atom. The Morgan fingerprint density at radius 2 is 1.75 bits per heavy atom. The normalized spacial score (nSPS) is 32.2. The fraction of sp³-hybridized carbons (Fsp3) is 0.541. The van der Waals surface area contributed by atoms with Crippen molar-refractivity contribution in [3.05, 3.63) is 63.5 Å². The minimum Gasteiger partial charge on any atom is -0.508 e. The third-order valence-electron chi connectivity index (χ3n) is 11.4. The summed E-state index contributed by atoms with van der Waals surface area (Å²) in [4.78, 5) is 41.1. The van der Waals surface area contributed by atoms with E-state index in [1.165, 1.54) is 19.3 Å². The van der Waals surface area contributed by atoms with Crippen LogP contribution in [0.2, 0.25) is 0 Å². The number of phenolic OH excluding ortho intramolecular Hbond substituents is 1. The molecule has 0 heterocycles. The van der Waals surface area contributed by atoms with Gasteiger partial charge in [0, 0.05) is 27.9 Å². The van der Waals surface area contributed by atoms with Gasteiger partial charge in [0.1, 0.15) is 22.8 Å². The summed E-state index contributed by atoms with van der Waals surface area (Å²) < 4.78 is 0. The van der Waals surface area contributed by atoms with Gasteiger partial charge in [0.15, 0.2) is 17.2 Å². The second kappa shape index (κ2) is 10.3. The number of benzene rings is 1. The van der Waals surface area contributed by atoms with E-state index in [9.17, 15) is 34.8 Å². The van der Waals surface area contributed by atoms with Gasteiger partial charge in [-0.3, -0.25) is 14.4 Å². The molecule has 44 heavy (non-hydrogen) atoms. The average molecular weight is 601 g/mol. The van der Waals surface area contributed by atoms with Crippen LogP contribution in [0, 0.1) is 28.6 Å². The number of rotatable bonds is 5. The van der Waals surface area contributed by atoms with E-state index in [1.54, 1.807) is 6.92 Å². The number of phenols is 1. The summed E-state index contributed by atoms with van der Waals surface area (Å²) in [6.07, 6.45) is 13.7. The number of aliphatic hydroxyl groups is 3. The van der Waals surface area contributed by atoms with Crippen LogP contribution < -0.4 is 0 Å². The van der Waals surface area contributed by atoms with Crippen molar-refractivity contribution in [3.63, 3.8) is 0 Å². The molecule has 0 aliphatic heterocycles. The number of carbonyl (C=O) groups is 3. The van der Waals surface area contributed by atoms with Crippen LogP contribution in [0.15, 0.2) is 41.2 Å². The molecule has 1 aromatic rings. The van der Waals surface area contributed by atoms with E-state index in [0.29, 0.717) is 17.9 Å². The third-order valence-corrected chi connectivity index (χ3v) is 11.4. The molecule has 234 valence electrons. The molecule has 4 N–H and O–H groups in total. The van der Waals surface area contributed by atoms with Crippen molar-refractivity contribution in [1.29, 1.82) is 0 Å². The van der Waals surface area contributed by atoms with Gasteiger partial charge in [0.2, 0.25) is 5.78 Å². The van der Waals surface area contributed by atoms with E-state index in [-0.39, 0.29) is 29.2 Å². The Bertz CT molecular complexity index is 1610. The molecule has 4 atom stereocenters. The highest BCUT2D eigenvalue weighted by Gasteiger charge is 2.72. The van der Waals surface area contributed by atoms with Crippen LogP contribution in [0.3, 0.4) is 0 Å². The molecule has 6 rings (SSSR count). The Hall–Kier alpha value is -3.45. The summed E-state index contributed by atoms with van der Waals surface area (Å²) in [5.41, 5.74) is -2.25. The first kappa shape index (κ1) is 30.6. The number of carbonyl (C=O) groups excluding carboxylic acids is 3. The minimum absolute atomic E-state index is 0.0803. The number of aliphatic hydroxyl groups excluding tert-OH is 2. The molecular weight excluding hydrogens is 556 g/mol. The van der Waals surface area contributed by atoms with E-state index < -0.39 is 56.8 Å². The SMILES string of the molecule is CC(=O)C1=C(O)[C@]2(O)C(=O)C3=C(O)c4c(O)c(C5=CCC=C5)cc(CC5CCCCC5)c4C[C@]3(C)C[C@]2(C)C(C(C)C)C1=O. The smallest absolute Gasteiger partial charge is 0.203 e. The molecule has 1 aromatic carbocycles. The number of ketones is 3. The average Bonchev–Trinajstić information content (AvgIpc) is 3.47. The lowest BCUT2D eigenvalue weighted by atomic mass is 9.43. The molecule has 7 nitrogen and oxygen atoms in total. The highest BCUT2D eigenvalue weighted by molar-refractivity contribution is 6.24. The van der Waals surface area contributed by atoms with Crippen LogP contribution in [-0.4, -0.2) is 43.4 Å². The Labute approximate surface area is 259 Å². The highest BCUT2D eigenvalue weighted by Crippen LogP contribution is 2.65. The molecule has 0 amide bonds. The van der Waals surface area contributed by atoms with Crippen molar-refractivity contribution in [3.8, 4) is 5.75 Å². The third kappa shape index (κ3) is 4.07. The summed E-state index contributed by atoms with van der Waals surface area (Å²) in [6.45, 7) is 8.28. The molecule has 1 unspecified atom stereocenters. The van der Waals surface area contributed by atoms with Crippen LogP contribution in [0.1, 0.15) is 102 Å². The number of aromatic hydroxyl groups is 1. The van der Waals surface area contributed by atoms with Gasteiger partial charge in [0.25, 0.3) is 0 Å². The van der Waals surface area contributed by atoms with E-state index in [4.69, 9.17) is 0 Å². The largest absolute Gasteiger partial charge is 0.508 e. The van der Waals surface area contributed by atoms with E-state index in [2.05, 4.69) is 0 Å². The maximum Gasteiger partial charge on any atom is 0.203 e. The zero-order valence-corrected chi connectivity index (χ0v) is 26.4. The van der Waals surface area contributed by atoms with Crippen molar-refractivity contribution in [2.24, 2.45) is 28.6 Å². The topological polar surface area (TPSA) is 132 Å². The predicted molar refractivity (Wildman–Crippen MR) is 168 cm³/mol. The Balaban J connectivity index is 1.61. The molecule has 0 aromatic heterocycles. The van der Waals surface area contributed by atoms with E-state index in [0.717, 1.165) is 49.3 Å². The number of allylic oxidation sites excluding steroid dienone is 5. The first-order valence-corrected chi connectivity index (χ1v) is 16.1. The standard InChI is InChI=1S/C37H44O7/c1-19(2)28-31(40)26(20(3)38)33(42)37(44)34(43)29-32(41)27-25(17-35(29,4)18-36(28,37)5)23(15-21-11-7-6-8-12-21)16-24(30(27)39)22-13-9-10-14-22/h9,13-14,16,19,21,28,39,41-42,44H,6-8,10-12,15,17-18H2,1-5H3/t28?,35-,36-,37+/m1/s1. The number of hydrogen-bond donors (Lipinski definition) is 4. The summed E-state index contributed by atoms with van der Waals surface area (Å²) in [6, 6.07) is 2.04. The molecule has 2 fully saturated rings. The van der Waals surface area contributed by atoms with Gasteiger partial charge in [-0.2, -0.15) is 0 Å². The van der Waals surface area contributed by atoms with Gasteiger partial charge in [-0.25, -0.2) is 0 Å². The van der Waals surface area contributed by atoms with Gasteiger partial charge in [-0.15, -0.1) is 0 Å². The quantitative estimate of drug-likeness (QED) is 0.278. The van der Waals surface area contributed by atoms with Crippen LogP contribution in [0.25, 0.3) is 11.3 Å². The lowest BCUT2D eigenvalue weighted by Gasteiger charge is -2.59. The number of fused-ring (bicyclic) bond motifs is 3. The molecule has 0 saturated heterocycles. The highest BCUT2D eigenvalue weighted by atomic mass is 16.3. The summed E-state index contributed by atoms with van der Waals surface area (Å²) in [5, 5.41) is 47.6. The molecule has 0 bridgehead atoms. The summed E-state index contributed by atoms with van der Waals surface area (Å²) in [5.74, 6) is -4.49. The second-order valence-electron chi connectivity index (χ2n) is 14.8. The monoisotopic (exact) mass is 600 g/mol. The molecule has 0 spiro atoms. The Kier molecular flexibility index (Phi) is 7.15. The van der Waals surface area contributed by atoms with Gasteiger partial charge < -0.3 is 20.4 Å². The number of Topliss-reactive ketones (excluding diaryl/α,β-unsaturated/α-hetero) is 3. The summed E-state index contributed by atoms with van der Waals surface area (Å²) >= 11 is 0. The van der Waals surface area contributed by atoms with Gasteiger partial charge in [-0.1, -0.05) is 78.0 Å². The molecule has 5 aliphatic carbocycles. The maximum atomic E-state index is 14.7. The van der Waals surface area contributed by atoms with Crippen molar-refractivity contribution >= 4 is 28.7 Å². The van der Waals surface area contributed by atoms with E-state index in [1.807, 2.05) is 45.1 Å². The Morgan fingerprint density at radius 3 is 2.34 bits per heavy atom. The second-order valence-corrected chi connectivity index (χ2v) is 14.8. The van der Waals surface area contributed by atoms with Gasteiger partial charge >= 0.3 is 0 Å². The van der Waals surface area contributed by atoms with Crippen LogP contribution >= 0.6 is 0 Å². The van der Waals surface area contributed by atoms with E-state index >= 15 is 0 Å². The van der Waals surface area contributed by atoms with Crippen molar-refractivity contribution < 1.29 is 34.8 Å². The van der Waals surface area contributed by atoms with Crippen molar-refractivity contribution in [1.82, 2.24) is 0 Å². The lowest BCUT2D eigenvalue weighted by Crippen LogP contribution is -2.69. The first-order chi connectivity index (χ1) is 20.7. The fourth-order valence-electron chi connectivity index (χ4n) is 9.62. The predicted octanol–water partition coefficient (Wildman–Crippen LogP) is 6.66. The number of hydrogen-bond acceptors (Lipinski definition) is 7. The first-order valence-electron chi connectivity index (χ1n) is 16.1. The molecule has 0 radical (unpaired) electrons. The van der Waals surface area contributed by atoms with Crippen molar-refractivity contribution in [2.45, 2.75) is 98.0 Å². The van der Waals surface area contributed by atoms with Gasteiger partial charge in [-0.05, 0) is 67.2 Å². The minimum atomic E-state index is -2.61. The molecule has 7 heteroatoms. The van der Waals surface area contributed by atoms with Gasteiger partial charge in [0.05, 0.1) is 5.56 Å². The zero-order chi connectivity index (χ0) is 31.9. The van der Waals surface area contributed by atoms with Crippen LogP contribution in [0.4, 0.5) is 0 Å². The fourth-order valence-corrected chi connectivity index (χ4v) is 9.62. The summed E-state index contributed by atoms with van der Waals surface area (Å²) in [7, 11) is 0. The maximum absolute atomic E-state index is 14.7. The molecular formula is C37H44O7. The van der Waals surface area contributed by atoms with Crippen molar-refractivity contribution in [2.75, 3.05) is 0 Å². The molecule has 5 aliphatic rings. The zero-order valence-electron chi connectivity index (χ0n) is 26.4. The van der Waals surface area contributed by atoms with Crippen LogP contribution in [0.5, 0.6) is 5.75 Å². The lowest BCUT2D eigenvalue weighted by molar-refractivity contribution is -0.178. The van der Waals surface area contributed by atoms with Crippen LogP contribution in [-0.2, 0) is 27.2 Å². The molecule has 2 saturated carbocycles.